The average Bonchev–Trinajstić information content (AvgIpc) is 2.30. The molecule has 1 rings (SSSR count). The van der Waals surface area contributed by atoms with Gasteiger partial charge in [-0.1, -0.05) is 6.08 Å². The predicted molar refractivity (Wildman–Crippen MR) is 71.1 cm³/mol. The number of amides is 2. The Balaban J connectivity index is 3.04. The molecule has 0 atom stereocenters. The van der Waals surface area contributed by atoms with Crippen molar-refractivity contribution in [2.75, 3.05) is 10.6 Å². The zero-order chi connectivity index (χ0) is 14.4. The first-order valence-electron chi connectivity index (χ1n) is 5.49. The molecule has 6 nitrogen and oxygen atoms in total. The van der Waals surface area contributed by atoms with E-state index in [1.165, 1.54) is 31.2 Å². The van der Waals surface area contributed by atoms with Crippen molar-refractivity contribution >= 4 is 29.2 Å². The van der Waals surface area contributed by atoms with Gasteiger partial charge in [-0.05, 0) is 18.2 Å². The number of hydrogen-bond donors (Lipinski definition) is 3. The summed E-state index contributed by atoms with van der Waals surface area (Å²) >= 11 is 0. The number of carboxylic acid groups (broad SMARTS) is 1. The second kappa shape index (κ2) is 6.34. The second-order valence-electron chi connectivity index (χ2n) is 3.79. The van der Waals surface area contributed by atoms with Crippen molar-refractivity contribution in [3.05, 3.63) is 36.4 Å². The van der Waals surface area contributed by atoms with Gasteiger partial charge in [0.1, 0.15) is 0 Å². The summed E-state index contributed by atoms with van der Waals surface area (Å²) < 4.78 is 0. The average molecular weight is 262 g/mol. The smallest absolute Gasteiger partial charge is 0.337 e. The summed E-state index contributed by atoms with van der Waals surface area (Å²) in [5.41, 5.74) is 0.434. The van der Waals surface area contributed by atoms with Crippen molar-refractivity contribution in [1.82, 2.24) is 0 Å². The van der Waals surface area contributed by atoms with Crippen LogP contribution in [-0.2, 0) is 9.59 Å². The summed E-state index contributed by atoms with van der Waals surface area (Å²) in [5, 5.41) is 14.0. The molecular weight excluding hydrogens is 248 g/mol. The summed E-state index contributed by atoms with van der Waals surface area (Å²) in [6.45, 7) is 4.74. The molecule has 6 heteroatoms. The molecule has 0 aliphatic carbocycles. The highest BCUT2D eigenvalue weighted by Crippen LogP contribution is 2.21. The Morgan fingerprint density at radius 2 is 2.00 bits per heavy atom. The summed E-state index contributed by atoms with van der Waals surface area (Å²) in [5.74, 6) is -1.86. The first kappa shape index (κ1) is 14.4. The van der Waals surface area contributed by atoms with E-state index >= 15 is 0 Å². The van der Waals surface area contributed by atoms with Crippen molar-refractivity contribution < 1.29 is 19.5 Å². The standard InChI is InChI=1S/C13H14N2O4/c1-3-4-12(17)15-11-6-5-9(14-8(2)16)7-10(11)13(18)19/h3,5-7H,1,4H2,2H3,(H,14,16)(H,15,17)(H,18,19). The lowest BCUT2D eigenvalue weighted by atomic mass is 10.1. The van der Waals surface area contributed by atoms with Crippen molar-refractivity contribution in [3.8, 4) is 0 Å². The summed E-state index contributed by atoms with van der Waals surface area (Å²) in [6, 6.07) is 4.22. The molecule has 0 aromatic heterocycles. The Bertz CT molecular complexity index is 537. The molecule has 100 valence electrons. The first-order chi connectivity index (χ1) is 8.93. The molecular formula is C13H14N2O4. The zero-order valence-corrected chi connectivity index (χ0v) is 10.4. The maximum atomic E-state index is 11.4. The third-order valence-electron chi connectivity index (χ3n) is 2.17. The molecule has 0 spiro atoms. The number of hydrogen-bond acceptors (Lipinski definition) is 3. The molecule has 2 amide bonds. The van der Waals surface area contributed by atoms with Crippen LogP contribution in [0.3, 0.4) is 0 Å². The molecule has 0 heterocycles. The lowest BCUT2D eigenvalue weighted by Crippen LogP contribution is -2.14. The van der Waals surface area contributed by atoms with E-state index in [-0.39, 0.29) is 29.5 Å². The maximum absolute atomic E-state index is 11.4. The van der Waals surface area contributed by atoms with Crippen LogP contribution in [0.1, 0.15) is 23.7 Å². The van der Waals surface area contributed by atoms with Gasteiger partial charge in [-0.15, -0.1) is 6.58 Å². The molecule has 0 aliphatic heterocycles. The van der Waals surface area contributed by atoms with Gasteiger partial charge in [0.25, 0.3) is 0 Å². The second-order valence-corrected chi connectivity index (χ2v) is 3.79. The number of benzene rings is 1. The first-order valence-corrected chi connectivity index (χ1v) is 5.49. The van der Waals surface area contributed by atoms with E-state index < -0.39 is 5.97 Å². The van der Waals surface area contributed by atoms with E-state index in [2.05, 4.69) is 17.2 Å². The number of aromatic carboxylic acids is 1. The van der Waals surface area contributed by atoms with Gasteiger partial charge < -0.3 is 15.7 Å². The van der Waals surface area contributed by atoms with Crippen LogP contribution in [0, 0.1) is 0 Å². The fourth-order valence-corrected chi connectivity index (χ4v) is 1.44. The van der Waals surface area contributed by atoms with Crippen molar-refractivity contribution in [2.45, 2.75) is 13.3 Å². The van der Waals surface area contributed by atoms with Crippen LogP contribution in [0.2, 0.25) is 0 Å². The van der Waals surface area contributed by atoms with Crippen molar-refractivity contribution in [1.29, 1.82) is 0 Å². The zero-order valence-electron chi connectivity index (χ0n) is 10.4. The largest absolute Gasteiger partial charge is 0.478 e. The maximum Gasteiger partial charge on any atom is 0.337 e. The molecule has 0 saturated heterocycles. The molecule has 0 aliphatic rings. The van der Waals surface area contributed by atoms with Gasteiger partial charge in [0.05, 0.1) is 11.3 Å². The SMILES string of the molecule is C=CCC(=O)Nc1ccc(NC(C)=O)cc1C(=O)O. The van der Waals surface area contributed by atoms with Crippen LogP contribution >= 0.6 is 0 Å². The Labute approximate surface area is 110 Å². The lowest BCUT2D eigenvalue weighted by molar-refractivity contribution is -0.115. The van der Waals surface area contributed by atoms with Gasteiger partial charge >= 0.3 is 5.97 Å². The Hall–Kier alpha value is -2.63. The van der Waals surface area contributed by atoms with Crippen LogP contribution in [0.25, 0.3) is 0 Å². The van der Waals surface area contributed by atoms with E-state index in [1.54, 1.807) is 0 Å². The third kappa shape index (κ3) is 4.27. The summed E-state index contributed by atoms with van der Waals surface area (Å²) in [4.78, 5) is 33.4. The molecule has 19 heavy (non-hydrogen) atoms. The van der Waals surface area contributed by atoms with Gasteiger partial charge in [-0.25, -0.2) is 4.79 Å². The van der Waals surface area contributed by atoms with Crippen LogP contribution in [0.4, 0.5) is 11.4 Å². The Morgan fingerprint density at radius 3 is 2.53 bits per heavy atom. The third-order valence-corrected chi connectivity index (χ3v) is 2.17. The molecule has 1 aromatic rings. The molecule has 0 bridgehead atoms. The van der Waals surface area contributed by atoms with E-state index in [4.69, 9.17) is 5.11 Å². The summed E-state index contributed by atoms with van der Waals surface area (Å²) in [6.07, 6.45) is 1.51. The predicted octanol–water partition coefficient (Wildman–Crippen LogP) is 1.86. The van der Waals surface area contributed by atoms with E-state index in [0.29, 0.717) is 5.69 Å². The molecule has 1 aromatic carbocycles. The fourth-order valence-electron chi connectivity index (χ4n) is 1.44. The van der Waals surface area contributed by atoms with E-state index in [9.17, 15) is 14.4 Å². The highest BCUT2D eigenvalue weighted by molar-refractivity contribution is 6.02. The minimum atomic E-state index is -1.19. The van der Waals surface area contributed by atoms with Gasteiger partial charge in [0.2, 0.25) is 11.8 Å². The lowest BCUT2D eigenvalue weighted by Gasteiger charge is -2.10. The molecule has 0 saturated carbocycles. The van der Waals surface area contributed by atoms with Gasteiger partial charge in [-0.3, -0.25) is 9.59 Å². The van der Waals surface area contributed by atoms with E-state index in [0.717, 1.165) is 0 Å². The number of rotatable bonds is 5. The molecule has 0 radical (unpaired) electrons. The minimum Gasteiger partial charge on any atom is -0.478 e. The number of carboxylic acids is 1. The van der Waals surface area contributed by atoms with E-state index in [1.807, 2.05) is 0 Å². The fraction of sp³-hybridized carbons (Fsp3) is 0.154. The highest BCUT2D eigenvalue weighted by Gasteiger charge is 2.13. The quantitative estimate of drug-likeness (QED) is 0.706. The van der Waals surface area contributed by atoms with Crippen molar-refractivity contribution in [2.24, 2.45) is 0 Å². The van der Waals surface area contributed by atoms with Gasteiger partial charge in [0, 0.05) is 19.0 Å². The molecule has 3 N–H and O–H groups in total. The highest BCUT2D eigenvalue weighted by atomic mass is 16.4. The number of anilines is 2. The minimum absolute atomic E-state index is 0.0898. The number of nitrogens with one attached hydrogen (secondary N) is 2. The van der Waals surface area contributed by atoms with Gasteiger partial charge in [-0.2, -0.15) is 0 Å². The molecule has 0 fully saturated rings. The van der Waals surface area contributed by atoms with Gasteiger partial charge in [0.15, 0.2) is 0 Å². The van der Waals surface area contributed by atoms with Crippen LogP contribution in [0.5, 0.6) is 0 Å². The Morgan fingerprint density at radius 1 is 1.32 bits per heavy atom. The number of carbonyl (C=O) groups is 3. The summed E-state index contributed by atoms with van der Waals surface area (Å²) in [7, 11) is 0. The normalized spacial score (nSPS) is 9.53. The topological polar surface area (TPSA) is 95.5 Å². The van der Waals surface area contributed by atoms with Crippen molar-refractivity contribution in [3.63, 3.8) is 0 Å². The van der Waals surface area contributed by atoms with Crippen LogP contribution in [0.15, 0.2) is 30.9 Å². The number of carbonyl (C=O) groups excluding carboxylic acids is 2. The van der Waals surface area contributed by atoms with Crippen LogP contribution < -0.4 is 10.6 Å². The Kier molecular flexibility index (Phi) is 4.82. The van der Waals surface area contributed by atoms with Crippen LogP contribution in [-0.4, -0.2) is 22.9 Å². The molecule has 0 unspecified atom stereocenters. The monoisotopic (exact) mass is 262 g/mol.